The minimum atomic E-state index is -4.61. The number of piperazine rings is 1. The van der Waals surface area contributed by atoms with Gasteiger partial charge in [0.05, 0.1) is 25.8 Å². The molecular weight excluding hydrogens is 685 g/mol. The van der Waals surface area contributed by atoms with Gasteiger partial charge >= 0.3 is 12.3 Å². The summed E-state index contributed by atoms with van der Waals surface area (Å²) in [6, 6.07) is 13.5. The Morgan fingerprint density at radius 2 is 1.71 bits per heavy atom. The summed E-state index contributed by atoms with van der Waals surface area (Å²) >= 11 is 6.35. The average molecular weight is 727 g/mol. The molecular formula is C37H42ClF3N6O4. The predicted molar refractivity (Wildman–Crippen MR) is 192 cm³/mol. The summed E-state index contributed by atoms with van der Waals surface area (Å²) in [5.74, 6) is 1.62. The van der Waals surface area contributed by atoms with Gasteiger partial charge in [0.1, 0.15) is 11.6 Å². The Morgan fingerprint density at radius 1 is 0.980 bits per heavy atom. The van der Waals surface area contributed by atoms with Crippen molar-refractivity contribution in [2.75, 3.05) is 63.7 Å². The summed E-state index contributed by atoms with van der Waals surface area (Å²) < 4.78 is 58.3. The molecule has 51 heavy (non-hydrogen) atoms. The predicted octanol–water partition coefficient (Wildman–Crippen LogP) is 8.05. The van der Waals surface area contributed by atoms with Crippen molar-refractivity contribution in [3.05, 3.63) is 93.6 Å². The normalized spacial score (nSPS) is 13.9. The number of anilines is 3. The van der Waals surface area contributed by atoms with Gasteiger partial charge in [0.2, 0.25) is 5.95 Å². The number of hydrogen-bond donors (Lipinski definition) is 1. The second-order valence-corrected chi connectivity index (χ2v) is 13.0. The van der Waals surface area contributed by atoms with Gasteiger partial charge in [-0.3, -0.25) is 4.90 Å². The lowest BCUT2D eigenvalue weighted by Crippen LogP contribution is -2.44. The Hall–Kier alpha value is -4.59. The number of benzene rings is 3. The molecule has 5 rings (SSSR count). The van der Waals surface area contributed by atoms with Crippen molar-refractivity contribution in [2.45, 2.75) is 39.9 Å². The maximum Gasteiger partial charge on any atom is 0.421 e. The maximum absolute atomic E-state index is 13.8. The first kappa shape index (κ1) is 37.7. The van der Waals surface area contributed by atoms with Crippen LogP contribution in [0.1, 0.15) is 34.2 Å². The van der Waals surface area contributed by atoms with Gasteiger partial charge in [-0.15, -0.1) is 0 Å². The molecule has 1 saturated heterocycles. The number of alkyl halides is 3. The van der Waals surface area contributed by atoms with E-state index in [2.05, 4.69) is 32.1 Å². The number of hydrogen-bond acceptors (Lipinski definition) is 9. The molecule has 1 aromatic heterocycles. The van der Waals surface area contributed by atoms with Crippen LogP contribution in [0.15, 0.2) is 60.8 Å². The van der Waals surface area contributed by atoms with Gasteiger partial charge in [-0.25, -0.2) is 9.78 Å². The number of methoxy groups -OCH3 is 1. The number of aryl methyl sites for hydroxylation is 3. The first-order valence-electron chi connectivity index (χ1n) is 16.6. The third-order valence-corrected chi connectivity index (χ3v) is 8.89. The molecule has 0 saturated carbocycles. The van der Waals surface area contributed by atoms with E-state index in [-0.39, 0.29) is 28.9 Å². The molecule has 2 heterocycles. The zero-order chi connectivity index (χ0) is 36.7. The largest absolute Gasteiger partial charge is 0.493 e. The Morgan fingerprint density at radius 3 is 2.39 bits per heavy atom. The number of ether oxygens (including phenoxy) is 3. The van der Waals surface area contributed by atoms with Gasteiger partial charge in [0, 0.05) is 55.7 Å². The monoisotopic (exact) mass is 726 g/mol. The fourth-order valence-corrected chi connectivity index (χ4v) is 6.02. The third kappa shape index (κ3) is 10.0. The third-order valence-electron chi connectivity index (χ3n) is 8.53. The van der Waals surface area contributed by atoms with Crippen LogP contribution in [0.2, 0.25) is 5.02 Å². The van der Waals surface area contributed by atoms with E-state index < -0.39 is 17.8 Å². The summed E-state index contributed by atoms with van der Waals surface area (Å²) in [5.41, 5.74) is 2.16. The molecule has 0 spiro atoms. The second kappa shape index (κ2) is 16.6. The Bertz CT molecular complexity index is 1810. The van der Waals surface area contributed by atoms with E-state index in [0.29, 0.717) is 29.5 Å². The highest BCUT2D eigenvalue weighted by Gasteiger charge is 2.32. The van der Waals surface area contributed by atoms with Crippen LogP contribution in [0.25, 0.3) is 0 Å². The quantitative estimate of drug-likeness (QED) is 0.146. The van der Waals surface area contributed by atoms with E-state index in [1.807, 2.05) is 32.9 Å². The van der Waals surface area contributed by atoms with E-state index in [4.69, 9.17) is 25.8 Å². The minimum absolute atomic E-state index is 0.0460. The zero-order valence-corrected chi connectivity index (χ0v) is 30.1. The number of carbonyl (C=O) groups excluding carboxylic acids is 1. The van der Waals surface area contributed by atoms with Crippen molar-refractivity contribution in [3.8, 4) is 17.2 Å². The second-order valence-electron chi connectivity index (χ2n) is 12.6. The van der Waals surface area contributed by atoms with Crippen LogP contribution in [-0.4, -0.2) is 79.3 Å². The van der Waals surface area contributed by atoms with E-state index >= 15 is 0 Å². The molecule has 1 N–H and O–H groups in total. The standard InChI is InChI=1S/C37H42ClF3N6O4/c1-24-19-25(2)34(26(3)20-24)51-36(48)47(23-27-21-28(37(39,40)41)7-9-30(27)38)33-11-12-42-35(44-33)43-29-8-10-31(32(22-29)49-5)50-18-6-13-46-16-14-45(4)15-17-46/h7-12,19-22H,6,13-18,23H2,1-5H3,(H,42,43,44). The summed E-state index contributed by atoms with van der Waals surface area (Å²) in [6.45, 7) is 10.9. The van der Waals surface area contributed by atoms with Crippen LogP contribution in [0.4, 0.5) is 35.4 Å². The topological polar surface area (TPSA) is 92.3 Å². The van der Waals surface area contributed by atoms with Crippen LogP contribution in [0.3, 0.4) is 0 Å². The number of nitrogens with one attached hydrogen (secondary N) is 1. The molecule has 0 atom stereocenters. The van der Waals surface area contributed by atoms with Gasteiger partial charge in [-0.1, -0.05) is 29.3 Å². The van der Waals surface area contributed by atoms with Crippen molar-refractivity contribution in [1.82, 2.24) is 19.8 Å². The molecule has 0 bridgehead atoms. The maximum atomic E-state index is 13.8. The molecule has 272 valence electrons. The van der Waals surface area contributed by atoms with Crippen molar-refractivity contribution in [2.24, 2.45) is 0 Å². The van der Waals surface area contributed by atoms with Crippen LogP contribution >= 0.6 is 11.6 Å². The first-order valence-corrected chi connectivity index (χ1v) is 16.9. The summed E-state index contributed by atoms with van der Waals surface area (Å²) in [4.78, 5) is 28.5. The van der Waals surface area contributed by atoms with Gasteiger partial charge in [0.25, 0.3) is 0 Å². The first-order chi connectivity index (χ1) is 24.3. The highest BCUT2D eigenvalue weighted by atomic mass is 35.5. The number of halogens is 4. The fourth-order valence-electron chi connectivity index (χ4n) is 5.85. The Balaban J connectivity index is 1.35. The lowest BCUT2D eigenvalue weighted by Gasteiger charge is -2.32. The molecule has 1 aliphatic heterocycles. The molecule has 3 aromatic carbocycles. The van der Waals surface area contributed by atoms with Crippen molar-refractivity contribution >= 4 is 35.1 Å². The lowest BCUT2D eigenvalue weighted by atomic mass is 10.1. The molecule has 10 nitrogen and oxygen atoms in total. The molecule has 14 heteroatoms. The average Bonchev–Trinajstić information content (AvgIpc) is 3.08. The lowest BCUT2D eigenvalue weighted by molar-refractivity contribution is -0.137. The van der Waals surface area contributed by atoms with Crippen LogP contribution in [-0.2, 0) is 12.7 Å². The number of rotatable bonds is 12. The molecule has 0 unspecified atom stereocenters. The van der Waals surface area contributed by atoms with Gasteiger partial charge < -0.3 is 29.3 Å². The molecule has 1 aliphatic rings. The van der Waals surface area contributed by atoms with Crippen molar-refractivity contribution in [1.29, 1.82) is 0 Å². The molecule has 4 aromatic rings. The highest BCUT2D eigenvalue weighted by Crippen LogP contribution is 2.34. The smallest absolute Gasteiger partial charge is 0.421 e. The van der Waals surface area contributed by atoms with E-state index in [1.54, 1.807) is 25.3 Å². The van der Waals surface area contributed by atoms with Gasteiger partial charge in [-0.05, 0) is 87.3 Å². The van der Waals surface area contributed by atoms with Crippen molar-refractivity contribution < 1.29 is 32.2 Å². The summed E-state index contributed by atoms with van der Waals surface area (Å²) in [6.07, 6.45) is -3.17. The van der Waals surface area contributed by atoms with E-state index in [0.717, 1.165) is 78.9 Å². The number of amides is 1. The van der Waals surface area contributed by atoms with E-state index in [1.165, 1.54) is 12.3 Å². The Labute approximate surface area is 301 Å². The van der Waals surface area contributed by atoms with Crippen LogP contribution in [0.5, 0.6) is 17.2 Å². The number of likely N-dealkylation sites (N-methyl/N-ethyl adjacent to an activating group) is 1. The summed E-state index contributed by atoms with van der Waals surface area (Å²) in [5, 5.41) is 3.16. The van der Waals surface area contributed by atoms with Crippen molar-refractivity contribution in [3.63, 3.8) is 0 Å². The number of carbonyl (C=O) groups is 1. The fraction of sp³-hybridized carbons (Fsp3) is 0.378. The number of nitrogens with zero attached hydrogens (tertiary/aromatic N) is 5. The Kier molecular flexibility index (Phi) is 12.3. The van der Waals surface area contributed by atoms with Gasteiger partial charge in [-0.2, -0.15) is 18.2 Å². The van der Waals surface area contributed by atoms with E-state index in [9.17, 15) is 18.0 Å². The minimum Gasteiger partial charge on any atom is -0.493 e. The van der Waals surface area contributed by atoms with Gasteiger partial charge in [0.15, 0.2) is 11.5 Å². The number of aromatic nitrogens is 2. The molecule has 0 aliphatic carbocycles. The molecule has 1 amide bonds. The highest BCUT2D eigenvalue weighted by molar-refractivity contribution is 6.31. The molecule has 0 radical (unpaired) electrons. The SMILES string of the molecule is COc1cc(Nc2nccc(N(Cc3cc(C(F)(F)F)ccc3Cl)C(=O)Oc3c(C)cc(C)cc3C)n2)ccc1OCCCN1CCN(C)CC1. The molecule has 1 fully saturated rings. The van der Waals surface area contributed by atoms with Crippen LogP contribution < -0.4 is 24.4 Å². The summed E-state index contributed by atoms with van der Waals surface area (Å²) in [7, 11) is 3.68. The van der Waals surface area contributed by atoms with Crippen LogP contribution in [0, 0.1) is 20.8 Å². The zero-order valence-electron chi connectivity index (χ0n) is 29.3.